The van der Waals surface area contributed by atoms with Gasteiger partial charge < -0.3 is 5.73 Å². The molecule has 0 aliphatic heterocycles. The number of nitrogens with two attached hydrogens (primary N) is 1. The van der Waals surface area contributed by atoms with Gasteiger partial charge in [-0.3, -0.25) is 14.6 Å². The summed E-state index contributed by atoms with van der Waals surface area (Å²) in [5.41, 5.74) is 9.36. The van der Waals surface area contributed by atoms with Crippen molar-refractivity contribution in [2.75, 3.05) is 5.73 Å². The molecule has 3 N–H and O–H groups in total. The predicted molar refractivity (Wildman–Crippen MR) is 136 cm³/mol. The molecule has 8 nitrogen and oxygen atoms in total. The van der Waals surface area contributed by atoms with Gasteiger partial charge in [-0.2, -0.15) is 5.10 Å². The van der Waals surface area contributed by atoms with Crippen molar-refractivity contribution in [1.29, 1.82) is 0 Å². The topological polar surface area (TPSA) is 111 Å². The van der Waals surface area contributed by atoms with E-state index in [9.17, 15) is 0 Å². The molecule has 0 atom stereocenters. The lowest BCUT2D eigenvalue weighted by atomic mass is 10.0. The first-order valence-corrected chi connectivity index (χ1v) is 11.9. The number of anilines is 1. The number of nitrogen functional groups attached to an aromatic ring is 1. The number of fused-ring (bicyclic) bond motifs is 2. The van der Waals surface area contributed by atoms with Gasteiger partial charge in [0, 0.05) is 29.4 Å². The van der Waals surface area contributed by atoms with Crippen molar-refractivity contribution in [2.24, 2.45) is 0 Å². The average molecular weight is 515 g/mol. The van der Waals surface area contributed by atoms with Crippen LogP contribution in [-0.4, -0.2) is 34.7 Å². The summed E-state index contributed by atoms with van der Waals surface area (Å²) in [5, 5.41) is 7.49. The monoisotopic (exact) mass is 514 g/mol. The lowest BCUT2D eigenvalue weighted by molar-refractivity contribution is 0.631. The third kappa shape index (κ3) is 3.36. The van der Waals surface area contributed by atoms with Gasteiger partial charge in [-0.05, 0) is 54.8 Å². The summed E-state index contributed by atoms with van der Waals surface area (Å²) < 4.78 is 32.3. The Morgan fingerprint density at radius 3 is 2.59 bits per heavy atom. The number of aromatic amines is 1. The molecule has 11 heteroatoms. The Morgan fingerprint density at radius 2 is 1.81 bits per heavy atom. The van der Waals surface area contributed by atoms with Crippen molar-refractivity contribution < 1.29 is 8.78 Å². The van der Waals surface area contributed by atoms with Crippen molar-refractivity contribution in [3.8, 4) is 28.2 Å². The van der Waals surface area contributed by atoms with Crippen LogP contribution in [0.2, 0.25) is 5.02 Å². The Morgan fingerprint density at radius 1 is 0.973 bits per heavy atom. The highest BCUT2D eigenvalue weighted by molar-refractivity contribution is 6.35. The van der Waals surface area contributed by atoms with E-state index in [1.54, 1.807) is 24.4 Å². The number of rotatable bonds is 4. The van der Waals surface area contributed by atoms with Crippen LogP contribution in [0.3, 0.4) is 0 Å². The molecule has 1 fully saturated rings. The number of H-pyrrole nitrogens is 1. The third-order valence-corrected chi connectivity index (χ3v) is 6.94. The maximum absolute atomic E-state index is 15.3. The number of pyridine rings is 2. The molecule has 0 saturated heterocycles. The zero-order valence-electron chi connectivity index (χ0n) is 19.1. The molecule has 1 aliphatic rings. The van der Waals surface area contributed by atoms with Gasteiger partial charge >= 0.3 is 0 Å². The van der Waals surface area contributed by atoms with Crippen LogP contribution in [0.25, 0.3) is 50.1 Å². The second kappa shape index (κ2) is 8.04. The van der Waals surface area contributed by atoms with Crippen LogP contribution >= 0.6 is 11.6 Å². The molecule has 0 bridgehead atoms. The van der Waals surface area contributed by atoms with Crippen LogP contribution in [0, 0.1) is 11.6 Å². The highest BCUT2D eigenvalue weighted by Gasteiger charge is 2.32. The number of nitrogens with zero attached hydrogens (tertiary/aromatic N) is 6. The smallest absolute Gasteiger partial charge is 0.173 e. The van der Waals surface area contributed by atoms with Gasteiger partial charge in [-0.25, -0.2) is 23.7 Å². The molecule has 0 amide bonds. The highest BCUT2D eigenvalue weighted by atomic mass is 35.5. The van der Waals surface area contributed by atoms with E-state index < -0.39 is 11.6 Å². The number of aromatic nitrogens is 7. The lowest BCUT2D eigenvalue weighted by Gasteiger charge is -2.14. The minimum Gasteiger partial charge on any atom is -0.381 e. The second-order valence-corrected chi connectivity index (χ2v) is 9.35. The molecule has 37 heavy (non-hydrogen) atoms. The minimum absolute atomic E-state index is 0.192. The first-order chi connectivity index (χ1) is 18.0. The Balaban J connectivity index is 1.63. The van der Waals surface area contributed by atoms with Gasteiger partial charge in [0.25, 0.3) is 0 Å². The van der Waals surface area contributed by atoms with E-state index in [1.807, 2.05) is 10.6 Å². The normalized spacial score (nSPS) is 13.6. The van der Waals surface area contributed by atoms with E-state index in [0.717, 1.165) is 18.7 Å². The first-order valence-electron chi connectivity index (χ1n) is 11.6. The van der Waals surface area contributed by atoms with Gasteiger partial charge in [0.15, 0.2) is 17.5 Å². The van der Waals surface area contributed by atoms with Crippen LogP contribution < -0.4 is 5.73 Å². The number of halogens is 3. The minimum atomic E-state index is -0.633. The summed E-state index contributed by atoms with van der Waals surface area (Å²) in [6, 6.07) is 9.71. The van der Waals surface area contributed by atoms with Crippen LogP contribution in [0.1, 0.15) is 24.6 Å². The molecule has 1 saturated carbocycles. The van der Waals surface area contributed by atoms with E-state index in [-0.39, 0.29) is 22.7 Å². The largest absolute Gasteiger partial charge is 0.381 e. The quantitative estimate of drug-likeness (QED) is 0.307. The fourth-order valence-electron chi connectivity index (χ4n) is 4.78. The van der Waals surface area contributed by atoms with Gasteiger partial charge in [-0.1, -0.05) is 11.6 Å². The van der Waals surface area contributed by atoms with Crippen molar-refractivity contribution in [2.45, 2.75) is 18.8 Å². The standard InChI is InChI=1S/C26H17ClF2N8/c27-16-3-4-17(28)20-18(6-8-31-23(16)20)37-19-10-13(14-5-7-32-24(30)21(14)29)9-15(25-33-11-34-36-25)22(19)35-26(37)12-1-2-12/h3-12H,1-2H2,(H2,30,32)(H,33,34,36). The number of hydrogen-bond donors (Lipinski definition) is 2. The van der Waals surface area contributed by atoms with Crippen LogP contribution in [-0.2, 0) is 0 Å². The molecule has 2 aromatic carbocycles. The summed E-state index contributed by atoms with van der Waals surface area (Å²) in [5.74, 6) is 0.140. The van der Waals surface area contributed by atoms with Crippen LogP contribution in [0.4, 0.5) is 14.6 Å². The molecule has 4 heterocycles. The lowest BCUT2D eigenvalue weighted by Crippen LogP contribution is -2.03. The zero-order valence-corrected chi connectivity index (χ0v) is 19.8. The van der Waals surface area contributed by atoms with Crippen LogP contribution in [0.5, 0.6) is 0 Å². The van der Waals surface area contributed by atoms with Crippen molar-refractivity contribution in [3.63, 3.8) is 0 Å². The summed E-state index contributed by atoms with van der Waals surface area (Å²) >= 11 is 6.39. The number of imidazole rings is 1. The Hall–Kier alpha value is -4.44. The summed E-state index contributed by atoms with van der Waals surface area (Å²) in [7, 11) is 0. The fourth-order valence-corrected chi connectivity index (χ4v) is 4.99. The number of hydrogen-bond acceptors (Lipinski definition) is 6. The number of nitrogens with one attached hydrogen (secondary N) is 1. The van der Waals surface area contributed by atoms with E-state index in [1.165, 1.54) is 24.7 Å². The summed E-state index contributed by atoms with van der Waals surface area (Å²) in [6.45, 7) is 0. The van der Waals surface area contributed by atoms with Crippen molar-refractivity contribution in [3.05, 3.63) is 77.6 Å². The Labute approximate surface area is 213 Å². The van der Waals surface area contributed by atoms with Gasteiger partial charge in [0.05, 0.1) is 27.1 Å². The van der Waals surface area contributed by atoms with Crippen molar-refractivity contribution in [1.82, 2.24) is 34.7 Å². The van der Waals surface area contributed by atoms with E-state index in [0.29, 0.717) is 44.2 Å². The first kappa shape index (κ1) is 21.8. The molecule has 1 aliphatic carbocycles. The molecular formula is C26H17ClF2N8. The molecule has 182 valence electrons. The van der Waals surface area contributed by atoms with E-state index >= 15 is 8.78 Å². The molecule has 0 spiro atoms. The molecule has 6 aromatic rings. The average Bonchev–Trinajstić information content (AvgIpc) is 3.46. The second-order valence-electron chi connectivity index (χ2n) is 8.95. The molecule has 4 aromatic heterocycles. The number of benzene rings is 2. The molecular weight excluding hydrogens is 498 g/mol. The van der Waals surface area contributed by atoms with Gasteiger partial charge in [-0.15, -0.1) is 0 Å². The SMILES string of the molecule is Nc1nccc(-c2cc(-c3ncn[nH]3)c3nc(C4CC4)n(-c4ccnc5c(Cl)ccc(F)c45)c3c2)c1F. The fraction of sp³-hybridized carbons (Fsp3) is 0.115. The summed E-state index contributed by atoms with van der Waals surface area (Å²) in [6.07, 6.45) is 6.35. The van der Waals surface area contributed by atoms with Gasteiger partial charge in [0.2, 0.25) is 0 Å². The summed E-state index contributed by atoms with van der Waals surface area (Å²) in [4.78, 5) is 17.5. The van der Waals surface area contributed by atoms with Crippen LogP contribution in [0.15, 0.2) is 55.1 Å². The maximum atomic E-state index is 15.3. The van der Waals surface area contributed by atoms with E-state index in [4.69, 9.17) is 22.3 Å². The Kier molecular flexibility index (Phi) is 4.74. The third-order valence-electron chi connectivity index (χ3n) is 6.64. The maximum Gasteiger partial charge on any atom is 0.173 e. The van der Waals surface area contributed by atoms with Crippen molar-refractivity contribution >= 4 is 39.4 Å². The van der Waals surface area contributed by atoms with E-state index in [2.05, 4.69) is 25.1 Å². The zero-order chi connectivity index (χ0) is 25.3. The Bertz CT molecular complexity index is 1840. The predicted octanol–water partition coefficient (Wildman–Crippen LogP) is 5.81. The van der Waals surface area contributed by atoms with Gasteiger partial charge in [0.1, 0.15) is 23.5 Å². The highest BCUT2D eigenvalue weighted by Crippen LogP contribution is 2.45. The molecule has 0 radical (unpaired) electrons. The molecule has 7 rings (SSSR count). The molecule has 0 unspecified atom stereocenters.